The lowest BCUT2D eigenvalue weighted by atomic mass is 10.2. The fourth-order valence-electron chi connectivity index (χ4n) is 2.53. The van der Waals surface area contributed by atoms with Crippen LogP contribution in [0.5, 0.6) is 5.75 Å². The fraction of sp³-hybridized carbons (Fsp3) is 0.500. The molecule has 1 amide bonds. The van der Waals surface area contributed by atoms with Gasteiger partial charge in [0, 0.05) is 6.04 Å². The molecule has 1 aromatic carbocycles. The van der Waals surface area contributed by atoms with Crippen LogP contribution in [0.4, 0.5) is 0 Å². The Hall–Kier alpha value is -2.09. The highest BCUT2D eigenvalue weighted by molar-refractivity contribution is 7.99. The molecule has 1 heterocycles. The molecular formula is C16H21N5O2S. The van der Waals surface area contributed by atoms with Gasteiger partial charge in [-0.1, -0.05) is 17.8 Å². The van der Waals surface area contributed by atoms with Crippen LogP contribution in [0.1, 0.15) is 25.3 Å². The van der Waals surface area contributed by atoms with Crippen molar-refractivity contribution in [1.29, 1.82) is 0 Å². The van der Waals surface area contributed by atoms with Crippen LogP contribution in [-0.4, -0.2) is 45.0 Å². The minimum atomic E-state index is 0.00478. The van der Waals surface area contributed by atoms with Gasteiger partial charge in [-0.05, 0) is 60.7 Å². The summed E-state index contributed by atoms with van der Waals surface area (Å²) < 4.78 is 6.99. The standard InChI is InChI=1S/C16H21N5O2S/c1-10-4-7-14(23-3)13(8-10)21-16(18-19-20-21)24-9-15(22)17-11(2)12-5-6-12/h4,7-8,11-12H,5-6,9H2,1-3H3,(H,17,22). The summed E-state index contributed by atoms with van der Waals surface area (Å²) in [5.41, 5.74) is 1.84. The van der Waals surface area contributed by atoms with Gasteiger partial charge in [-0.3, -0.25) is 4.79 Å². The first-order valence-corrected chi connectivity index (χ1v) is 8.92. The Morgan fingerprint density at radius 1 is 1.50 bits per heavy atom. The lowest BCUT2D eigenvalue weighted by molar-refractivity contribution is -0.119. The number of hydrogen-bond donors (Lipinski definition) is 1. The number of methoxy groups -OCH3 is 1. The first kappa shape index (κ1) is 16.8. The van der Waals surface area contributed by atoms with E-state index in [9.17, 15) is 4.79 Å². The molecule has 0 spiro atoms. The van der Waals surface area contributed by atoms with E-state index in [0.29, 0.717) is 16.8 Å². The van der Waals surface area contributed by atoms with Crippen molar-refractivity contribution in [3.63, 3.8) is 0 Å². The number of carbonyl (C=O) groups is 1. The van der Waals surface area contributed by atoms with Crippen LogP contribution in [0.25, 0.3) is 5.69 Å². The van der Waals surface area contributed by atoms with Crippen molar-refractivity contribution in [3.8, 4) is 11.4 Å². The second kappa shape index (κ2) is 7.21. The predicted molar refractivity (Wildman–Crippen MR) is 91.5 cm³/mol. The molecule has 0 aliphatic heterocycles. The zero-order valence-corrected chi connectivity index (χ0v) is 14.8. The van der Waals surface area contributed by atoms with E-state index in [1.165, 1.54) is 24.6 Å². The van der Waals surface area contributed by atoms with Gasteiger partial charge in [-0.25, -0.2) is 0 Å². The minimum absolute atomic E-state index is 0.00478. The molecular weight excluding hydrogens is 326 g/mol. The van der Waals surface area contributed by atoms with Crippen LogP contribution in [-0.2, 0) is 4.79 Å². The number of nitrogens with zero attached hydrogens (tertiary/aromatic N) is 4. The van der Waals surface area contributed by atoms with E-state index < -0.39 is 0 Å². The maximum Gasteiger partial charge on any atom is 0.230 e. The molecule has 1 saturated carbocycles. The molecule has 1 N–H and O–H groups in total. The fourth-order valence-corrected chi connectivity index (χ4v) is 3.22. The molecule has 1 aliphatic rings. The maximum atomic E-state index is 12.1. The number of aromatic nitrogens is 4. The molecule has 0 saturated heterocycles. The Balaban J connectivity index is 1.69. The molecule has 128 valence electrons. The molecule has 1 aliphatic carbocycles. The minimum Gasteiger partial charge on any atom is -0.494 e. The zero-order valence-electron chi connectivity index (χ0n) is 14.0. The van der Waals surface area contributed by atoms with E-state index in [4.69, 9.17) is 4.74 Å². The van der Waals surface area contributed by atoms with E-state index >= 15 is 0 Å². The lowest BCUT2D eigenvalue weighted by Gasteiger charge is -2.13. The number of amides is 1. The molecule has 2 aromatic rings. The van der Waals surface area contributed by atoms with E-state index in [-0.39, 0.29) is 17.7 Å². The largest absolute Gasteiger partial charge is 0.494 e. The smallest absolute Gasteiger partial charge is 0.230 e. The van der Waals surface area contributed by atoms with E-state index in [1.54, 1.807) is 11.8 Å². The lowest BCUT2D eigenvalue weighted by Crippen LogP contribution is -2.35. The molecule has 7 nitrogen and oxygen atoms in total. The van der Waals surface area contributed by atoms with E-state index in [0.717, 1.165) is 11.3 Å². The highest BCUT2D eigenvalue weighted by atomic mass is 32.2. The van der Waals surface area contributed by atoms with Crippen LogP contribution in [0.2, 0.25) is 0 Å². The summed E-state index contributed by atoms with van der Waals surface area (Å²) in [4.78, 5) is 12.1. The Morgan fingerprint density at radius 2 is 2.29 bits per heavy atom. The summed E-state index contributed by atoms with van der Waals surface area (Å²) in [6, 6.07) is 6.04. The van der Waals surface area contributed by atoms with Gasteiger partial charge in [-0.15, -0.1) is 5.10 Å². The Morgan fingerprint density at radius 3 is 3.00 bits per heavy atom. The highest BCUT2D eigenvalue weighted by Gasteiger charge is 2.28. The number of thioether (sulfide) groups is 1. The van der Waals surface area contributed by atoms with Gasteiger partial charge >= 0.3 is 0 Å². The van der Waals surface area contributed by atoms with Crippen LogP contribution in [0, 0.1) is 12.8 Å². The summed E-state index contributed by atoms with van der Waals surface area (Å²) in [5.74, 6) is 1.61. The molecule has 0 radical (unpaired) electrons. The Labute approximate surface area is 145 Å². The maximum absolute atomic E-state index is 12.1. The summed E-state index contributed by atoms with van der Waals surface area (Å²) in [6.07, 6.45) is 2.42. The number of carbonyl (C=O) groups excluding carboxylic acids is 1. The van der Waals surface area contributed by atoms with Crippen molar-refractivity contribution < 1.29 is 9.53 Å². The first-order valence-electron chi connectivity index (χ1n) is 7.94. The summed E-state index contributed by atoms with van der Waals surface area (Å²) in [6.45, 7) is 4.05. The van der Waals surface area contributed by atoms with Crippen molar-refractivity contribution in [2.45, 2.75) is 37.9 Å². The van der Waals surface area contributed by atoms with Crippen molar-refractivity contribution in [2.75, 3.05) is 12.9 Å². The molecule has 3 rings (SSSR count). The molecule has 8 heteroatoms. The number of benzene rings is 1. The molecule has 0 bridgehead atoms. The van der Waals surface area contributed by atoms with Gasteiger partial charge in [0.1, 0.15) is 11.4 Å². The molecule has 1 atom stereocenters. The Kier molecular flexibility index (Phi) is 5.03. The average molecular weight is 347 g/mol. The number of ether oxygens (including phenoxy) is 1. The van der Waals surface area contributed by atoms with Crippen LogP contribution in [0.3, 0.4) is 0 Å². The third-order valence-corrected chi connectivity index (χ3v) is 4.97. The van der Waals surface area contributed by atoms with Gasteiger partial charge in [-0.2, -0.15) is 4.68 Å². The van der Waals surface area contributed by atoms with Crippen molar-refractivity contribution in [2.24, 2.45) is 5.92 Å². The predicted octanol–water partition coefficient (Wildman–Crippen LogP) is 1.99. The molecule has 24 heavy (non-hydrogen) atoms. The SMILES string of the molecule is COc1ccc(C)cc1-n1nnnc1SCC(=O)NC(C)C1CC1. The van der Waals surface area contributed by atoms with Crippen LogP contribution >= 0.6 is 11.8 Å². The average Bonchev–Trinajstić information content (AvgIpc) is 3.31. The number of rotatable bonds is 7. The van der Waals surface area contributed by atoms with Crippen LogP contribution < -0.4 is 10.1 Å². The monoisotopic (exact) mass is 347 g/mol. The molecule has 1 fully saturated rings. The van der Waals surface area contributed by atoms with E-state index in [2.05, 4.69) is 27.8 Å². The number of hydrogen-bond acceptors (Lipinski definition) is 6. The first-order chi connectivity index (χ1) is 11.6. The summed E-state index contributed by atoms with van der Waals surface area (Å²) in [7, 11) is 1.61. The van der Waals surface area contributed by atoms with Crippen molar-refractivity contribution in [3.05, 3.63) is 23.8 Å². The van der Waals surface area contributed by atoms with Gasteiger partial charge in [0.15, 0.2) is 0 Å². The third kappa shape index (κ3) is 3.87. The number of nitrogens with one attached hydrogen (secondary N) is 1. The summed E-state index contributed by atoms with van der Waals surface area (Å²) in [5, 5.41) is 15.4. The topological polar surface area (TPSA) is 81.9 Å². The quantitative estimate of drug-likeness (QED) is 0.771. The molecule has 1 aromatic heterocycles. The highest BCUT2D eigenvalue weighted by Crippen LogP contribution is 2.32. The molecule has 1 unspecified atom stereocenters. The number of aryl methyl sites for hydroxylation is 1. The van der Waals surface area contributed by atoms with Crippen molar-refractivity contribution >= 4 is 17.7 Å². The zero-order chi connectivity index (χ0) is 17.1. The van der Waals surface area contributed by atoms with E-state index in [1.807, 2.05) is 25.1 Å². The number of tetrazole rings is 1. The second-order valence-electron chi connectivity index (χ2n) is 6.03. The van der Waals surface area contributed by atoms with Crippen LogP contribution in [0.15, 0.2) is 23.4 Å². The second-order valence-corrected chi connectivity index (χ2v) is 6.97. The summed E-state index contributed by atoms with van der Waals surface area (Å²) >= 11 is 1.32. The van der Waals surface area contributed by atoms with Gasteiger partial charge < -0.3 is 10.1 Å². The Bertz CT molecular complexity index is 729. The normalized spacial score (nSPS) is 15.1. The van der Waals surface area contributed by atoms with Gasteiger partial charge in [0.05, 0.1) is 12.9 Å². The van der Waals surface area contributed by atoms with Gasteiger partial charge in [0.2, 0.25) is 11.1 Å². The van der Waals surface area contributed by atoms with Gasteiger partial charge in [0.25, 0.3) is 0 Å². The van der Waals surface area contributed by atoms with Crippen molar-refractivity contribution in [1.82, 2.24) is 25.5 Å². The third-order valence-electron chi connectivity index (χ3n) is 4.05.